The van der Waals surface area contributed by atoms with Gasteiger partial charge in [-0.25, -0.2) is 0 Å². The van der Waals surface area contributed by atoms with Gasteiger partial charge >= 0.3 is 16.6 Å². The molecule has 5 rings (SSSR count). The Morgan fingerprint density at radius 2 is 0.955 bits per heavy atom. The number of hydrogen-bond donors (Lipinski definition) is 1. The van der Waals surface area contributed by atoms with Crippen molar-refractivity contribution in [2.45, 2.75) is 52.3 Å². The van der Waals surface area contributed by atoms with Gasteiger partial charge in [-0.2, -0.15) is 0 Å². The summed E-state index contributed by atoms with van der Waals surface area (Å²) in [5, 5.41) is 15.1. The molecule has 0 bridgehead atoms. The third-order valence-electron chi connectivity index (χ3n) is 8.28. The van der Waals surface area contributed by atoms with E-state index in [1.54, 1.807) is 0 Å². The maximum atomic E-state index is 10.5. The van der Waals surface area contributed by atoms with Gasteiger partial charge in [0.25, 0.3) is 0 Å². The lowest BCUT2D eigenvalue weighted by molar-refractivity contribution is 0.281. The van der Waals surface area contributed by atoms with Gasteiger partial charge in [0.2, 0.25) is 0 Å². The molecule has 0 spiro atoms. The van der Waals surface area contributed by atoms with Crippen molar-refractivity contribution in [1.82, 2.24) is 0 Å². The smallest absolute Gasteiger partial charge is 0.319 e. The molecule has 0 radical (unpaired) electrons. The van der Waals surface area contributed by atoms with E-state index in [1.165, 1.54) is 20.7 Å². The summed E-state index contributed by atoms with van der Waals surface area (Å²) in [6.07, 6.45) is 0. The second-order valence-corrected chi connectivity index (χ2v) is 20.6. The molecule has 3 nitrogen and oxygen atoms in total. The molecule has 44 heavy (non-hydrogen) atoms. The lowest BCUT2D eigenvalue weighted by atomic mass is 10.2. The summed E-state index contributed by atoms with van der Waals surface area (Å²) in [6.45, 7) is 11.2. The Bertz CT molecular complexity index is 1540. The van der Waals surface area contributed by atoms with E-state index in [2.05, 4.69) is 156 Å². The molecule has 0 atom stereocenters. The van der Waals surface area contributed by atoms with Crippen LogP contribution in [0.4, 0.5) is 0 Å². The first kappa shape index (κ1) is 31.5. The minimum absolute atomic E-state index is 0.107. The highest BCUT2D eigenvalue weighted by molar-refractivity contribution is 7.00. The molecule has 0 saturated carbocycles. The second kappa shape index (κ2) is 13.4. The first-order valence-electron chi connectivity index (χ1n) is 15.5. The van der Waals surface area contributed by atoms with E-state index in [1.807, 2.05) is 18.2 Å². The average molecular weight is 617 g/mol. The first-order chi connectivity index (χ1) is 21.2. The van der Waals surface area contributed by atoms with Crippen LogP contribution in [0.5, 0.6) is 11.5 Å². The minimum atomic E-state index is -2.89. The van der Waals surface area contributed by atoms with Gasteiger partial charge in [-0.3, -0.25) is 0 Å². The van der Waals surface area contributed by atoms with Crippen molar-refractivity contribution in [2.24, 2.45) is 5.92 Å². The molecule has 1 N–H and O–H groups in total. The lowest BCUT2D eigenvalue weighted by Gasteiger charge is -2.43. The number of benzene rings is 5. The van der Waals surface area contributed by atoms with E-state index in [9.17, 15) is 5.11 Å². The first-order valence-corrected chi connectivity index (χ1v) is 19.6. The normalized spacial score (nSPS) is 12.2. The summed E-state index contributed by atoms with van der Waals surface area (Å²) < 4.78 is 14.7. The Hall–Kier alpha value is -3.91. The van der Waals surface area contributed by atoms with E-state index in [0.29, 0.717) is 5.92 Å². The Kier molecular flexibility index (Phi) is 9.59. The number of rotatable bonds is 11. The standard InChI is InChI=1S/C39H44O3Si2/c1-31(2)30-43(35-18-10-6-11-19-35,36-20-12-7-13-21-36)41-33-26-32(29-40)27-34(28-33)42-44(39(3,4)5,37-22-14-8-15-23-37)38-24-16-9-17-25-38/h6-28,31,40H,29-30H2,1-5H3. The third-order valence-corrected chi connectivity index (χ3v) is 17.7. The van der Waals surface area contributed by atoms with Crippen LogP contribution in [0.3, 0.4) is 0 Å². The predicted octanol–water partition coefficient (Wildman–Crippen LogP) is 6.91. The quantitative estimate of drug-likeness (QED) is 0.164. The Morgan fingerprint density at radius 3 is 1.32 bits per heavy atom. The Balaban J connectivity index is 1.69. The molecule has 0 amide bonds. The van der Waals surface area contributed by atoms with Gasteiger partial charge in [-0.05, 0) is 55.4 Å². The van der Waals surface area contributed by atoms with Gasteiger partial charge in [0, 0.05) is 6.07 Å². The fraction of sp³-hybridized carbons (Fsp3) is 0.231. The third kappa shape index (κ3) is 6.46. The zero-order chi connectivity index (χ0) is 31.2. The van der Waals surface area contributed by atoms with Crippen molar-refractivity contribution in [1.29, 1.82) is 0 Å². The summed E-state index contributed by atoms with van der Waals surface area (Å²) in [5.74, 6) is 1.86. The minimum Gasteiger partial charge on any atom is -0.534 e. The lowest BCUT2D eigenvalue weighted by Crippen LogP contribution is -2.68. The van der Waals surface area contributed by atoms with Crippen LogP contribution >= 0.6 is 0 Å². The highest BCUT2D eigenvalue weighted by Crippen LogP contribution is 2.39. The number of aliphatic hydroxyl groups excluding tert-OH is 1. The molecule has 0 heterocycles. The van der Waals surface area contributed by atoms with Crippen LogP contribution in [0.1, 0.15) is 40.2 Å². The SMILES string of the molecule is CC(C)C[Si](Oc1cc(CO)cc(O[Si](c2ccccc2)(c2ccccc2)C(C)(C)C)c1)(c1ccccc1)c1ccccc1. The highest BCUT2D eigenvalue weighted by Gasteiger charge is 2.52. The van der Waals surface area contributed by atoms with Crippen molar-refractivity contribution in [3.63, 3.8) is 0 Å². The molecule has 5 heteroatoms. The second-order valence-electron chi connectivity index (χ2n) is 13.0. The van der Waals surface area contributed by atoms with Crippen molar-refractivity contribution in [2.75, 3.05) is 0 Å². The number of hydrogen-bond acceptors (Lipinski definition) is 3. The molecule has 0 aliphatic carbocycles. The molecule has 226 valence electrons. The summed E-state index contributed by atoms with van der Waals surface area (Å²) in [4.78, 5) is 0. The van der Waals surface area contributed by atoms with Crippen LogP contribution < -0.4 is 29.6 Å². The highest BCUT2D eigenvalue weighted by atomic mass is 28.4. The van der Waals surface area contributed by atoms with Crippen LogP contribution in [0.25, 0.3) is 0 Å². The Labute approximate surface area is 265 Å². The average Bonchev–Trinajstić information content (AvgIpc) is 3.04. The van der Waals surface area contributed by atoms with Gasteiger partial charge in [-0.1, -0.05) is 156 Å². The molecule has 0 aliphatic heterocycles. The van der Waals surface area contributed by atoms with E-state index >= 15 is 0 Å². The summed E-state index contributed by atoms with van der Waals surface area (Å²) in [5.41, 5.74) is 0.768. The summed E-state index contributed by atoms with van der Waals surface area (Å²) in [7, 11) is -5.65. The van der Waals surface area contributed by atoms with Crippen LogP contribution in [0.15, 0.2) is 140 Å². The molecule has 0 aromatic heterocycles. The van der Waals surface area contributed by atoms with Crippen LogP contribution in [0, 0.1) is 5.92 Å². The van der Waals surface area contributed by atoms with E-state index < -0.39 is 16.6 Å². The molecule has 0 fully saturated rings. The van der Waals surface area contributed by atoms with Gasteiger partial charge in [0.1, 0.15) is 11.5 Å². The summed E-state index contributed by atoms with van der Waals surface area (Å²) >= 11 is 0. The molecular formula is C39H44O3Si2. The van der Waals surface area contributed by atoms with Crippen LogP contribution in [-0.2, 0) is 6.61 Å². The zero-order valence-corrected chi connectivity index (χ0v) is 28.5. The molecule has 5 aromatic rings. The van der Waals surface area contributed by atoms with E-state index in [4.69, 9.17) is 8.85 Å². The van der Waals surface area contributed by atoms with Crippen molar-refractivity contribution < 1.29 is 14.0 Å². The van der Waals surface area contributed by atoms with E-state index in [0.717, 1.165) is 23.1 Å². The fourth-order valence-electron chi connectivity index (χ4n) is 6.42. The van der Waals surface area contributed by atoms with Gasteiger partial charge in [0.05, 0.1) is 6.61 Å². The van der Waals surface area contributed by atoms with Crippen LogP contribution in [0.2, 0.25) is 11.1 Å². The largest absolute Gasteiger partial charge is 0.534 e. The molecule has 0 aliphatic rings. The summed E-state index contributed by atoms with van der Waals surface area (Å²) in [6, 6.07) is 49.6. The monoisotopic (exact) mass is 616 g/mol. The van der Waals surface area contributed by atoms with Gasteiger partial charge in [-0.15, -0.1) is 0 Å². The fourth-order valence-corrected chi connectivity index (χ4v) is 15.1. The molecule has 5 aromatic carbocycles. The van der Waals surface area contributed by atoms with E-state index in [-0.39, 0.29) is 11.6 Å². The Morgan fingerprint density at radius 1 is 0.568 bits per heavy atom. The van der Waals surface area contributed by atoms with Crippen LogP contribution in [-0.4, -0.2) is 21.7 Å². The topological polar surface area (TPSA) is 38.7 Å². The van der Waals surface area contributed by atoms with Crippen molar-refractivity contribution in [3.05, 3.63) is 145 Å². The van der Waals surface area contributed by atoms with Gasteiger partial charge < -0.3 is 14.0 Å². The maximum absolute atomic E-state index is 10.5. The van der Waals surface area contributed by atoms with Crippen molar-refractivity contribution in [3.8, 4) is 11.5 Å². The number of aliphatic hydroxyl groups is 1. The predicted molar refractivity (Wildman–Crippen MR) is 189 cm³/mol. The maximum Gasteiger partial charge on any atom is 0.319 e. The van der Waals surface area contributed by atoms with Crippen molar-refractivity contribution >= 4 is 37.4 Å². The van der Waals surface area contributed by atoms with Gasteiger partial charge in [0.15, 0.2) is 0 Å². The molecule has 0 saturated heterocycles. The zero-order valence-electron chi connectivity index (χ0n) is 26.5. The molecule has 0 unspecified atom stereocenters. The molecular weight excluding hydrogens is 573 g/mol.